The summed E-state index contributed by atoms with van der Waals surface area (Å²) >= 11 is 0. The molecular weight excluding hydrogens is 424 g/mol. The molecule has 7 heteroatoms. The summed E-state index contributed by atoms with van der Waals surface area (Å²) in [6.07, 6.45) is 4.24. The Labute approximate surface area is 195 Å². The summed E-state index contributed by atoms with van der Waals surface area (Å²) in [6.45, 7) is 6.12. The van der Waals surface area contributed by atoms with Crippen LogP contribution in [0.15, 0.2) is 0 Å². The fraction of sp³-hybridized carbons (Fsp3) is 0.846. The van der Waals surface area contributed by atoms with Gasteiger partial charge in [0.05, 0.1) is 0 Å². The first-order chi connectivity index (χ1) is 15.4. The second kappa shape index (κ2) is 8.38. The molecule has 0 spiro atoms. The number of carbonyl (C=O) groups is 4. The zero-order chi connectivity index (χ0) is 24.3. The summed E-state index contributed by atoms with van der Waals surface area (Å²) in [6, 6.07) is 0. The minimum absolute atomic E-state index is 0.0110. The van der Waals surface area contributed by atoms with Gasteiger partial charge in [-0.15, -0.1) is 0 Å². The molecular formula is C26H35O7-3. The first kappa shape index (κ1) is 24.2. The Morgan fingerprint density at radius 3 is 2.30 bits per heavy atom. The number of fused-ring (bicyclic) bond motifs is 5. The molecule has 0 amide bonds. The highest BCUT2D eigenvalue weighted by Crippen LogP contribution is 2.69. The van der Waals surface area contributed by atoms with Crippen LogP contribution >= 0.6 is 0 Å². The molecule has 4 aliphatic carbocycles. The molecule has 0 aliphatic heterocycles. The van der Waals surface area contributed by atoms with Gasteiger partial charge in [-0.3, -0.25) is 4.79 Å². The minimum Gasteiger partial charge on any atom is -0.550 e. The molecule has 0 aromatic rings. The van der Waals surface area contributed by atoms with Crippen molar-refractivity contribution < 1.29 is 34.5 Å². The molecule has 0 N–H and O–H groups in total. The smallest absolute Gasteiger partial charge is 0.136 e. The first-order valence-corrected chi connectivity index (χ1v) is 12.6. The van der Waals surface area contributed by atoms with Crippen LogP contribution in [0.1, 0.15) is 78.6 Å². The molecule has 4 aliphatic rings. The van der Waals surface area contributed by atoms with Gasteiger partial charge < -0.3 is 29.7 Å². The third kappa shape index (κ3) is 3.70. The second-order valence-electron chi connectivity index (χ2n) is 11.9. The number of hydrogen-bond donors (Lipinski definition) is 0. The van der Waals surface area contributed by atoms with E-state index in [1.807, 2.05) is 13.8 Å². The maximum absolute atomic E-state index is 13.5. The molecule has 0 aromatic carbocycles. The Bertz CT molecular complexity index is 852. The average molecular weight is 460 g/mol. The van der Waals surface area contributed by atoms with Gasteiger partial charge in [0.2, 0.25) is 0 Å². The fourth-order valence-electron chi connectivity index (χ4n) is 9.01. The molecule has 0 aromatic heterocycles. The molecule has 33 heavy (non-hydrogen) atoms. The van der Waals surface area contributed by atoms with Crippen LogP contribution in [0.5, 0.6) is 0 Å². The minimum atomic E-state index is -1.10. The van der Waals surface area contributed by atoms with Gasteiger partial charge in [0.1, 0.15) is 5.78 Å². The van der Waals surface area contributed by atoms with E-state index in [-0.39, 0.29) is 53.1 Å². The van der Waals surface area contributed by atoms with Crippen LogP contribution in [0.25, 0.3) is 0 Å². The van der Waals surface area contributed by atoms with Crippen molar-refractivity contribution in [1.29, 1.82) is 0 Å². The van der Waals surface area contributed by atoms with Crippen molar-refractivity contribution in [3.8, 4) is 0 Å². The molecule has 0 radical (unpaired) electrons. The number of Topliss-reactive ketones (excluding diaryl/α,β-unsaturated/α-hetero) is 1. The van der Waals surface area contributed by atoms with E-state index < -0.39 is 35.2 Å². The van der Waals surface area contributed by atoms with E-state index in [2.05, 4.69) is 6.92 Å². The van der Waals surface area contributed by atoms with E-state index in [0.717, 1.165) is 12.8 Å². The first-order valence-electron chi connectivity index (χ1n) is 12.6. The van der Waals surface area contributed by atoms with E-state index in [0.29, 0.717) is 38.5 Å². The van der Waals surface area contributed by atoms with Gasteiger partial charge in [0.15, 0.2) is 0 Å². The van der Waals surface area contributed by atoms with Crippen LogP contribution in [0.2, 0.25) is 0 Å². The van der Waals surface area contributed by atoms with Crippen LogP contribution in [-0.2, 0) is 19.2 Å². The number of carboxylic acids is 3. The van der Waals surface area contributed by atoms with Crippen molar-refractivity contribution in [2.75, 3.05) is 0 Å². The highest BCUT2D eigenvalue weighted by molar-refractivity contribution is 5.84. The van der Waals surface area contributed by atoms with Crippen molar-refractivity contribution in [2.45, 2.75) is 78.6 Å². The number of rotatable bonds is 6. The quantitative estimate of drug-likeness (QED) is 0.558. The number of carboxylic acid groups (broad SMARTS) is 3. The topological polar surface area (TPSA) is 137 Å². The van der Waals surface area contributed by atoms with Gasteiger partial charge in [-0.2, -0.15) is 0 Å². The van der Waals surface area contributed by atoms with Crippen molar-refractivity contribution in [3.63, 3.8) is 0 Å². The van der Waals surface area contributed by atoms with Crippen LogP contribution < -0.4 is 15.3 Å². The van der Waals surface area contributed by atoms with Crippen LogP contribution in [0.3, 0.4) is 0 Å². The molecule has 184 valence electrons. The summed E-state index contributed by atoms with van der Waals surface area (Å²) in [4.78, 5) is 48.6. The predicted octanol–water partition coefficient (Wildman–Crippen LogP) is 0.333. The largest absolute Gasteiger partial charge is 0.550 e. The lowest BCUT2D eigenvalue weighted by Gasteiger charge is -2.63. The molecule has 0 heterocycles. The Kier molecular flexibility index (Phi) is 6.15. The molecule has 0 unspecified atom stereocenters. The molecule has 0 bridgehead atoms. The number of carbonyl (C=O) groups excluding carboxylic acids is 4. The number of ketones is 1. The van der Waals surface area contributed by atoms with Crippen LogP contribution in [0.4, 0.5) is 0 Å². The standard InChI is InChI=1S/C26H38O7/c1-13(4-7-21(28)29)16-5-6-17-22-18(12-19(24(32)33)26(16,17)3)25(2)9-8-14(23(30)31)10-15(25)11-20(22)27/h13-19,22H,4-12H2,1-3H3,(H,28,29)(H,30,31)(H,32,33)/p-3/t13-,14+,15-,16+,17-,18+,19+,22+,25-,26+/m0/s1. The highest BCUT2D eigenvalue weighted by Gasteiger charge is 2.66. The Balaban J connectivity index is 1.67. The third-order valence-electron chi connectivity index (χ3n) is 10.8. The van der Waals surface area contributed by atoms with Crippen molar-refractivity contribution in [3.05, 3.63) is 0 Å². The lowest BCUT2D eigenvalue weighted by atomic mass is 9.41. The Hall–Kier alpha value is -1.92. The number of hydrogen-bond acceptors (Lipinski definition) is 7. The van der Waals surface area contributed by atoms with Gasteiger partial charge in [-0.05, 0) is 97.7 Å². The number of aliphatic carboxylic acids is 3. The summed E-state index contributed by atoms with van der Waals surface area (Å²) in [5.74, 6) is -4.76. The van der Waals surface area contributed by atoms with Crippen LogP contribution in [0, 0.1) is 58.2 Å². The van der Waals surface area contributed by atoms with Crippen LogP contribution in [-0.4, -0.2) is 23.7 Å². The molecule has 10 atom stereocenters. The molecule has 4 saturated carbocycles. The van der Waals surface area contributed by atoms with Crippen molar-refractivity contribution in [1.82, 2.24) is 0 Å². The SMILES string of the molecule is C[C@@H](CCC(=O)[O-])[C@H]1CC[C@H]2[C@H]3C(=O)C[C@@H]4C[C@H](C(=O)[O-])CC[C@]4(C)[C@@H]3C[C@H](C(=O)[O-])[C@]12C. The van der Waals surface area contributed by atoms with Crippen molar-refractivity contribution in [2.24, 2.45) is 58.2 Å². The van der Waals surface area contributed by atoms with Gasteiger partial charge in [0, 0.05) is 36.2 Å². The maximum atomic E-state index is 13.5. The fourth-order valence-corrected chi connectivity index (χ4v) is 9.01. The van der Waals surface area contributed by atoms with E-state index in [4.69, 9.17) is 0 Å². The second-order valence-corrected chi connectivity index (χ2v) is 11.9. The lowest BCUT2D eigenvalue weighted by molar-refractivity contribution is -0.322. The Morgan fingerprint density at radius 2 is 1.70 bits per heavy atom. The van der Waals surface area contributed by atoms with E-state index in [9.17, 15) is 34.5 Å². The summed E-state index contributed by atoms with van der Waals surface area (Å²) in [5, 5.41) is 35.0. The van der Waals surface area contributed by atoms with Gasteiger partial charge >= 0.3 is 0 Å². The normalized spacial score (nSPS) is 45.4. The van der Waals surface area contributed by atoms with Gasteiger partial charge in [-0.1, -0.05) is 20.8 Å². The average Bonchev–Trinajstić information content (AvgIpc) is 3.09. The maximum Gasteiger partial charge on any atom is 0.136 e. The molecule has 7 nitrogen and oxygen atoms in total. The van der Waals surface area contributed by atoms with E-state index in [1.54, 1.807) is 0 Å². The monoisotopic (exact) mass is 459 g/mol. The zero-order valence-corrected chi connectivity index (χ0v) is 19.8. The molecule has 0 saturated heterocycles. The molecule has 4 rings (SSSR count). The lowest BCUT2D eigenvalue weighted by Crippen LogP contribution is -2.62. The van der Waals surface area contributed by atoms with E-state index >= 15 is 0 Å². The zero-order valence-electron chi connectivity index (χ0n) is 19.8. The Morgan fingerprint density at radius 1 is 1.00 bits per heavy atom. The summed E-state index contributed by atoms with van der Waals surface area (Å²) < 4.78 is 0. The highest BCUT2D eigenvalue weighted by atomic mass is 16.4. The van der Waals surface area contributed by atoms with E-state index in [1.165, 1.54) is 0 Å². The third-order valence-corrected chi connectivity index (χ3v) is 10.8. The summed E-state index contributed by atoms with van der Waals surface area (Å²) in [7, 11) is 0. The van der Waals surface area contributed by atoms with Crippen molar-refractivity contribution >= 4 is 23.7 Å². The van der Waals surface area contributed by atoms with Gasteiger partial charge in [0.25, 0.3) is 0 Å². The summed E-state index contributed by atoms with van der Waals surface area (Å²) in [5.41, 5.74) is -0.884. The van der Waals surface area contributed by atoms with Gasteiger partial charge in [-0.25, -0.2) is 0 Å². The molecule has 4 fully saturated rings. The predicted molar refractivity (Wildman–Crippen MR) is 111 cm³/mol.